The maximum Gasteiger partial charge on any atom is 0.0897 e. The average Bonchev–Trinajstić information content (AvgIpc) is 2.99. The molecular weight excluding hydrogens is 238 g/mol. The van der Waals surface area contributed by atoms with Crippen molar-refractivity contribution >= 4 is 0 Å². The molecule has 3 nitrogen and oxygen atoms in total. The van der Waals surface area contributed by atoms with Crippen LogP contribution in [0.15, 0.2) is 0 Å². The molecule has 0 aromatic rings. The number of ether oxygens (including phenoxy) is 1. The van der Waals surface area contributed by atoms with Gasteiger partial charge in [0, 0.05) is 19.2 Å². The second kappa shape index (κ2) is 8.23. The quantitative estimate of drug-likeness (QED) is 0.607. The van der Waals surface area contributed by atoms with Crippen molar-refractivity contribution in [3.05, 3.63) is 0 Å². The van der Waals surface area contributed by atoms with Crippen LogP contribution in [0.25, 0.3) is 0 Å². The maximum atomic E-state index is 9.87. The first-order valence-corrected chi connectivity index (χ1v) is 7.98. The van der Waals surface area contributed by atoms with Crippen LogP contribution < -0.4 is 5.32 Å². The number of hydrogen-bond acceptors (Lipinski definition) is 3. The first kappa shape index (κ1) is 16.9. The molecule has 3 unspecified atom stereocenters. The fourth-order valence-corrected chi connectivity index (χ4v) is 2.42. The highest BCUT2D eigenvalue weighted by atomic mass is 16.5. The van der Waals surface area contributed by atoms with E-state index in [9.17, 15) is 5.11 Å². The molecule has 114 valence electrons. The van der Waals surface area contributed by atoms with Gasteiger partial charge in [-0.25, -0.2) is 0 Å². The lowest BCUT2D eigenvalue weighted by Gasteiger charge is -2.17. The topological polar surface area (TPSA) is 41.5 Å². The third-order valence-electron chi connectivity index (χ3n) is 4.32. The van der Waals surface area contributed by atoms with E-state index in [2.05, 4.69) is 33.0 Å². The molecule has 0 heterocycles. The fourth-order valence-electron chi connectivity index (χ4n) is 2.42. The molecule has 1 aliphatic rings. The summed E-state index contributed by atoms with van der Waals surface area (Å²) < 4.78 is 5.66. The Morgan fingerprint density at radius 2 is 2.00 bits per heavy atom. The SMILES string of the molecule is CCCCC(CC)COCC(O)CNC1CC1(C)C. The molecule has 1 fully saturated rings. The zero-order chi connectivity index (χ0) is 14.3. The van der Waals surface area contributed by atoms with E-state index < -0.39 is 0 Å². The number of aliphatic hydroxyl groups excluding tert-OH is 1. The fraction of sp³-hybridized carbons (Fsp3) is 1.00. The van der Waals surface area contributed by atoms with Crippen LogP contribution >= 0.6 is 0 Å². The molecule has 0 saturated heterocycles. The van der Waals surface area contributed by atoms with Crippen molar-refractivity contribution < 1.29 is 9.84 Å². The van der Waals surface area contributed by atoms with Crippen molar-refractivity contribution in [3.63, 3.8) is 0 Å². The van der Waals surface area contributed by atoms with Crippen LogP contribution in [0, 0.1) is 11.3 Å². The Kier molecular flexibility index (Phi) is 7.33. The highest BCUT2D eigenvalue weighted by molar-refractivity contribution is 5.01. The Labute approximate surface area is 119 Å². The van der Waals surface area contributed by atoms with Gasteiger partial charge >= 0.3 is 0 Å². The van der Waals surface area contributed by atoms with Crippen molar-refractivity contribution in [2.75, 3.05) is 19.8 Å². The van der Waals surface area contributed by atoms with Gasteiger partial charge in [-0.15, -0.1) is 0 Å². The van der Waals surface area contributed by atoms with E-state index in [1.54, 1.807) is 0 Å². The van der Waals surface area contributed by atoms with E-state index in [1.807, 2.05) is 0 Å². The Morgan fingerprint density at radius 3 is 2.53 bits per heavy atom. The van der Waals surface area contributed by atoms with Crippen molar-refractivity contribution in [2.24, 2.45) is 11.3 Å². The maximum absolute atomic E-state index is 9.87. The van der Waals surface area contributed by atoms with E-state index in [0.29, 0.717) is 30.5 Å². The number of nitrogens with one attached hydrogen (secondary N) is 1. The molecule has 1 rings (SSSR count). The molecule has 19 heavy (non-hydrogen) atoms. The average molecular weight is 271 g/mol. The minimum absolute atomic E-state index is 0.375. The third-order valence-corrected chi connectivity index (χ3v) is 4.32. The van der Waals surface area contributed by atoms with E-state index >= 15 is 0 Å². The summed E-state index contributed by atoms with van der Waals surface area (Å²) >= 11 is 0. The molecule has 0 aromatic heterocycles. The van der Waals surface area contributed by atoms with Gasteiger partial charge in [-0.05, 0) is 24.2 Å². The zero-order valence-corrected chi connectivity index (χ0v) is 13.2. The molecule has 0 spiro atoms. The lowest BCUT2D eigenvalue weighted by atomic mass is 10.0. The molecule has 0 amide bonds. The smallest absolute Gasteiger partial charge is 0.0897 e. The summed E-state index contributed by atoms with van der Waals surface area (Å²) in [6.45, 7) is 10.9. The van der Waals surface area contributed by atoms with E-state index in [4.69, 9.17) is 4.74 Å². The van der Waals surface area contributed by atoms with Gasteiger partial charge in [-0.1, -0.05) is 47.0 Å². The summed E-state index contributed by atoms with van der Waals surface area (Å²) in [7, 11) is 0. The van der Waals surface area contributed by atoms with Crippen molar-refractivity contribution in [1.29, 1.82) is 0 Å². The van der Waals surface area contributed by atoms with Crippen LogP contribution in [-0.2, 0) is 4.74 Å². The number of unbranched alkanes of at least 4 members (excludes halogenated alkanes) is 1. The van der Waals surface area contributed by atoms with Gasteiger partial charge in [0.1, 0.15) is 0 Å². The summed E-state index contributed by atoms with van der Waals surface area (Å²) in [5, 5.41) is 13.3. The molecular formula is C16H33NO2. The van der Waals surface area contributed by atoms with Crippen molar-refractivity contribution in [2.45, 2.75) is 71.9 Å². The van der Waals surface area contributed by atoms with Crippen molar-refractivity contribution in [3.8, 4) is 0 Å². The molecule has 0 aliphatic heterocycles. The van der Waals surface area contributed by atoms with Gasteiger partial charge in [0.15, 0.2) is 0 Å². The summed E-state index contributed by atoms with van der Waals surface area (Å²) in [5.41, 5.74) is 0.425. The van der Waals surface area contributed by atoms with E-state index in [1.165, 1.54) is 32.1 Å². The lowest BCUT2D eigenvalue weighted by Crippen LogP contribution is -2.33. The van der Waals surface area contributed by atoms with Crippen LogP contribution in [-0.4, -0.2) is 37.0 Å². The van der Waals surface area contributed by atoms with E-state index in [-0.39, 0.29) is 6.10 Å². The number of aliphatic hydroxyl groups is 1. The Bertz CT molecular complexity index is 243. The van der Waals surface area contributed by atoms with Crippen LogP contribution in [0.2, 0.25) is 0 Å². The molecule has 0 bridgehead atoms. The summed E-state index contributed by atoms with van der Waals surface area (Å²) in [6.07, 6.45) is 5.79. The van der Waals surface area contributed by atoms with Crippen LogP contribution in [0.1, 0.15) is 59.8 Å². The molecule has 1 saturated carbocycles. The predicted octanol–water partition coefficient (Wildman–Crippen LogP) is 2.97. The molecule has 3 atom stereocenters. The normalized spacial score (nSPS) is 24.2. The number of rotatable bonds is 11. The van der Waals surface area contributed by atoms with E-state index in [0.717, 1.165) is 6.61 Å². The standard InChI is InChI=1S/C16H33NO2/c1-5-7-8-13(6-2)11-19-12-14(18)10-17-15-9-16(15,3)4/h13-15,17-18H,5-12H2,1-4H3. The van der Waals surface area contributed by atoms with Gasteiger partial charge < -0.3 is 15.2 Å². The second-order valence-electron chi connectivity index (χ2n) is 6.76. The largest absolute Gasteiger partial charge is 0.389 e. The molecule has 3 heteroatoms. The summed E-state index contributed by atoms with van der Waals surface area (Å²) in [6, 6.07) is 0.579. The lowest BCUT2D eigenvalue weighted by molar-refractivity contribution is 0.0189. The molecule has 0 aromatic carbocycles. The first-order valence-electron chi connectivity index (χ1n) is 7.98. The monoisotopic (exact) mass is 271 g/mol. The van der Waals surface area contributed by atoms with Crippen molar-refractivity contribution in [1.82, 2.24) is 5.32 Å². The second-order valence-corrected chi connectivity index (χ2v) is 6.76. The first-order chi connectivity index (χ1) is 8.99. The van der Waals surface area contributed by atoms with Gasteiger partial charge in [0.2, 0.25) is 0 Å². The molecule has 0 radical (unpaired) electrons. The summed E-state index contributed by atoms with van der Waals surface area (Å²) in [5.74, 6) is 0.655. The molecule has 1 aliphatic carbocycles. The Hall–Kier alpha value is -0.120. The Morgan fingerprint density at radius 1 is 1.32 bits per heavy atom. The van der Waals surface area contributed by atoms with Crippen LogP contribution in [0.3, 0.4) is 0 Å². The summed E-state index contributed by atoms with van der Waals surface area (Å²) in [4.78, 5) is 0. The van der Waals surface area contributed by atoms with Crippen LogP contribution in [0.5, 0.6) is 0 Å². The highest BCUT2D eigenvalue weighted by Gasteiger charge is 2.45. The van der Waals surface area contributed by atoms with Crippen LogP contribution in [0.4, 0.5) is 0 Å². The highest BCUT2D eigenvalue weighted by Crippen LogP contribution is 2.44. The minimum Gasteiger partial charge on any atom is -0.389 e. The number of hydrogen-bond donors (Lipinski definition) is 2. The van der Waals surface area contributed by atoms with Gasteiger partial charge in [0.05, 0.1) is 12.7 Å². The van der Waals surface area contributed by atoms with Gasteiger partial charge in [0.25, 0.3) is 0 Å². The van der Waals surface area contributed by atoms with Gasteiger partial charge in [-0.2, -0.15) is 0 Å². The molecule has 2 N–H and O–H groups in total. The van der Waals surface area contributed by atoms with Gasteiger partial charge in [-0.3, -0.25) is 0 Å². The Balaban J connectivity index is 2.01. The predicted molar refractivity (Wildman–Crippen MR) is 80.3 cm³/mol. The minimum atomic E-state index is -0.375. The third kappa shape index (κ3) is 6.73. The zero-order valence-electron chi connectivity index (χ0n) is 13.2.